The van der Waals surface area contributed by atoms with Crippen molar-refractivity contribution in [3.05, 3.63) is 81.2 Å². The van der Waals surface area contributed by atoms with E-state index in [1.54, 1.807) is 28.8 Å². The highest BCUT2D eigenvalue weighted by molar-refractivity contribution is 9.11. The van der Waals surface area contributed by atoms with Crippen LogP contribution in [0.1, 0.15) is 5.56 Å². The molecule has 3 N–H and O–H groups in total. The summed E-state index contributed by atoms with van der Waals surface area (Å²) in [5.41, 5.74) is 2.79. The normalized spacial score (nSPS) is 10.7. The maximum Gasteiger partial charge on any atom is 0.325 e. The summed E-state index contributed by atoms with van der Waals surface area (Å²) < 4.78 is 2.99. The molecule has 0 atom stereocenters. The summed E-state index contributed by atoms with van der Waals surface area (Å²) in [7, 11) is 0. The number of thioether (sulfide) groups is 1. The van der Waals surface area contributed by atoms with Gasteiger partial charge in [0, 0.05) is 15.8 Å². The van der Waals surface area contributed by atoms with Gasteiger partial charge >= 0.3 is 6.03 Å². The van der Waals surface area contributed by atoms with E-state index in [1.807, 2.05) is 49.4 Å². The average molecular weight is 617 g/mol. The number of aryl methyl sites for hydroxylation is 1. The molecule has 4 aromatic rings. The SMILES string of the molecule is Cc1cccc(NC(=O)NC(=O)CSc2nnc(-c3cc(Br)cc(Br)c3O)n2-c2ccccc2)c1. The Kier molecular flexibility index (Phi) is 7.89. The van der Waals surface area contributed by atoms with Crippen molar-refractivity contribution in [2.75, 3.05) is 11.1 Å². The van der Waals surface area contributed by atoms with Gasteiger partial charge in [0.2, 0.25) is 5.91 Å². The summed E-state index contributed by atoms with van der Waals surface area (Å²) >= 11 is 7.91. The number of carbonyl (C=O) groups excluding carboxylic acids is 2. The van der Waals surface area contributed by atoms with E-state index in [-0.39, 0.29) is 11.5 Å². The lowest BCUT2D eigenvalue weighted by Crippen LogP contribution is -2.35. The number of hydrogen-bond donors (Lipinski definition) is 3. The largest absolute Gasteiger partial charge is 0.506 e. The number of nitrogens with zero attached hydrogens (tertiary/aromatic N) is 3. The molecule has 0 spiro atoms. The molecule has 0 radical (unpaired) electrons. The number of para-hydroxylation sites is 1. The number of aromatic nitrogens is 3. The third-order valence-electron chi connectivity index (χ3n) is 4.78. The number of hydrogen-bond acceptors (Lipinski definition) is 6. The zero-order valence-corrected chi connectivity index (χ0v) is 22.3. The lowest BCUT2D eigenvalue weighted by atomic mass is 10.2. The van der Waals surface area contributed by atoms with E-state index in [2.05, 4.69) is 52.7 Å². The van der Waals surface area contributed by atoms with Crippen LogP contribution in [0.3, 0.4) is 0 Å². The Labute approximate surface area is 222 Å². The highest BCUT2D eigenvalue weighted by atomic mass is 79.9. The highest BCUT2D eigenvalue weighted by Gasteiger charge is 2.21. The van der Waals surface area contributed by atoms with Crippen molar-refractivity contribution in [2.24, 2.45) is 0 Å². The van der Waals surface area contributed by atoms with Crippen molar-refractivity contribution in [1.29, 1.82) is 0 Å². The van der Waals surface area contributed by atoms with Gasteiger partial charge in [-0.05, 0) is 64.8 Å². The number of nitrogens with one attached hydrogen (secondary N) is 2. The molecule has 0 unspecified atom stereocenters. The van der Waals surface area contributed by atoms with Gasteiger partial charge in [0.25, 0.3) is 0 Å². The molecule has 4 rings (SSSR count). The molecule has 0 bridgehead atoms. The molecule has 35 heavy (non-hydrogen) atoms. The molecule has 1 aromatic heterocycles. The second-order valence-corrected chi connectivity index (χ2v) is 10.1. The van der Waals surface area contributed by atoms with Gasteiger partial charge in [-0.15, -0.1) is 10.2 Å². The Bertz CT molecular complexity index is 1400. The van der Waals surface area contributed by atoms with Crippen LogP contribution >= 0.6 is 43.6 Å². The van der Waals surface area contributed by atoms with Gasteiger partial charge in [-0.2, -0.15) is 0 Å². The molecule has 0 saturated carbocycles. The van der Waals surface area contributed by atoms with Crippen molar-refractivity contribution in [2.45, 2.75) is 12.1 Å². The van der Waals surface area contributed by atoms with E-state index in [1.165, 1.54) is 0 Å². The number of carbonyl (C=O) groups is 2. The molecular weight excluding hydrogens is 598 g/mol. The molecule has 0 fully saturated rings. The minimum atomic E-state index is -0.615. The first-order valence-electron chi connectivity index (χ1n) is 10.3. The number of phenolic OH excluding ortho intramolecular Hbond substituents is 1. The van der Waals surface area contributed by atoms with Gasteiger partial charge < -0.3 is 10.4 Å². The van der Waals surface area contributed by atoms with Gasteiger partial charge in [0.05, 0.1) is 15.8 Å². The number of amides is 3. The Morgan fingerprint density at radius 1 is 1.03 bits per heavy atom. The van der Waals surface area contributed by atoms with Crippen LogP contribution < -0.4 is 10.6 Å². The van der Waals surface area contributed by atoms with Crippen LogP contribution in [0.5, 0.6) is 5.75 Å². The quantitative estimate of drug-likeness (QED) is 0.232. The lowest BCUT2D eigenvalue weighted by molar-refractivity contribution is -0.117. The number of rotatable bonds is 6. The first kappa shape index (κ1) is 25.0. The number of aromatic hydroxyl groups is 1. The fraction of sp³-hybridized carbons (Fsp3) is 0.0833. The Hall–Kier alpha value is -3.15. The molecule has 0 aliphatic rings. The minimum absolute atomic E-state index is 0.0138. The van der Waals surface area contributed by atoms with Gasteiger partial charge in [-0.1, -0.05) is 58.0 Å². The van der Waals surface area contributed by atoms with E-state index >= 15 is 0 Å². The summed E-state index contributed by atoms with van der Waals surface area (Å²) in [6.07, 6.45) is 0. The Balaban J connectivity index is 1.54. The first-order valence-corrected chi connectivity index (χ1v) is 12.9. The topological polar surface area (TPSA) is 109 Å². The van der Waals surface area contributed by atoms with Crippen LogP contribution in [-0.2, 0) is 4.79 Å². The zero-order valence-electron chi connectivity index (χ0n) is 18.3. The van der Waals surface area contributed by atoms with Gasteiger partial charge in [-0.25, -0.2) is 4.79 Å². The summed E-state index contributed by atoms with van der Waals surface area (Å²) in [5, 5.41) is 24.6. The molecule has 1 heterocycles. The minimum Gasteiger partial charge on any atom is -0.506 e. The average Bonchev–Trinajstić information content (AvgIpc) is 3.24. The number of phenols is 1. The van der Waals surface area contributed by atoms with Gasteiger partial charge in [0.1, 0.15) is 5.75 Å². The van der Waals surface area contributed by atoms with Crippen molar-refractivity contribution < 1.29 is 14.7 Å². The molecule has 8 nitrogen and oxygen atoms in total. The van der Waals surface area contributed by atoms with E-state index < -0.39 is 11.9 Å². The summed E-state index contributed by atoms with van der Waals surface area (Å²) in [5.74, 6) is -0.145. The molecule has 0 saturated heterocycles. The van der Waals surface area contributed by atoms with E-state index in [0.717, 1.165) is 27.5 Å². The van der Waals surface area contributed by atoms with Crippen LogP contribution in [0.4, 0.5) is 10.5 Å². The maximum atomic E-state index is 12.4. The number of imide groups is 1. The van der Waals surface area contributed by atoms with Gasteiger partial charge in [0.15, 0.2) is 11.0 Å². The third-order valence-corrected chi connectivity index (χ3v) is 6.77. The van der Waals surface area contributed by atoms with Crippen molar-refractivity contribution in [3.8, 4) is 22.8 Å². The van der Waals surface area contributed by atoms with Crippen LogP contribution in [0.15, 0.2) is 80.8 Å². The molecular formula is C24H19Br2N5O3S. The van der Waals surface area contributed by atoms with Gasteiger partial charge in [-0.3, -0.25) is 14.7 Å². The Morgan fingerprint density at radius 3 is 2.54 bits per heavy atom. The van der Waals surface area contributed by atoms with Crippen LogP contribution in [0.25, 0.3) is 17.1 Å². The van der Waals surface area contributed by atoms with E-state index in [0.29, 0.717) is 26.7 Å². The molecule has 3 amide bonds. The Morgan fingerprint density at radius 2 is 1.80 bits per heavy atom. The van der Waals surface area contributed by atoms with Crippen molar-refractivity contribution >= 4 is 61.2 Å². The second-order valence-electron chi connectivity index (χ2n) is 7.42. The second kappa shape index (κ2) is 11.1. The number of anilines is 1. The predicted molar refractivity (Wildman–Crippen MR) is 143 cm³/mol. The predicted octanol–water partition coefficient (Wildman–Crippen LogP) is 5.91. The standard InChI is InChI=1S/C24H19Br2N5O3S/c1-14-6-5-7-16(10-14)27-23(34)28-20(32)13-35-24-30-29-22(31(24)17-8-3-2-4-9-17)18-11-15(25)12-19(26)21(18)33/h2-12,33H,13H2,1H3,(H2,27,28,32,34). The maximum absolute atomic E-state index is 12.4. The van der Waals surface area contributed by atoms with Crippen LogP contribution in [0, 0.1) is 6.92 Å². The lowest BCUT2D eigenvalue weighted by Gasteiger charge is -2.12. The zero-order chi connectivity index (χ0) is 24.9. The van der Waals surface area contributed by atoms with Crippen LogP contribution in [-0.4, -0.2) is 37.6 Å². The monoisotopic (exact) mass is 615 g/mol. The first-order chi connectivity index (χ1) is 16.8. The fourth-order valence-corrected chi connectivity index (χ4v) is 5.24. The summed E-state index contributed by atoms with van der Waals surface area (Å²) in [6.45, 7) is 1.91. The molecule has 178 valence electrons. The number of halogens is 2. The summed E-state index contributed by atoms with van der Waals surface area (Å²) in [4.78, 5) is 24.7. The molecule has 3 aromatic carbocycles. The van der Waals surface area contributed by atoms with Crippen molar-refractivity contribution in [3.63, 3.8) is 0 Å². The number of benzene rings is 3. The van der Waals surface area contributed by atoms with Crippen LogP contribution in [0.2, 0.25) is 0 Å². The number of urea groups is 1. The van der Waals surface area contributed by atoms with E-state index in [9.17, 15) is 14.7 Å². The highest BCUT2D eigenvalue weighted by Crippen LogP contribution is 2.39. The van der Waals surface area contributed by atoms with E-state index in [4.69, 9.17) is 0 Å². The molecule has 0 aliphatic heterocycles. The fourth-order valence-electron chi connectivity index (χ4n) is 3.26. The van der Waals surface area contributed by atoms with Crippen molar-refractivity contribution in [1.82, 2.24) is 20.1 Å². The summed E-state index contributed by atoms with van der Waals surface area (Å²) in [6, 6.07) is 19.5. The smallest absolute Gasteiger partial charge is 0.325 e. The molecule has 11 heteroatoms. The molecule has 0 aliphatic carbocycles. The third kappa shape index (κ3) is 6.11.